The van der Waals surface area contributed by atoms with Gasteiger partial charge in [-0.3, -0.25) is 9.78 Å². The molecule has 3 aromatic rings. The van der Waals surface area contributed by atoms with Crippen LogP contribution in [0.4, 0.5) is 0 Å². The van der Waals surface area contributed by atoms with Crippen LogP contribution in [-0.2, 0) is 9.53 Å². The largest absolute Gasteiger partial charge is 0.464 e. The van der Waals surface area contributed by atoms with Crippen LogP contribution in [0.3, 0.4) is 0 Å². The van der Waals surface area contributed by atoms with Crippen LogP contribution in [0, 0.1) is 0 Å². The number of carbonyl (C=O) groups excluding carboxylic acids is 2. The van der Waals surface area contributed by atoms with Crippen LogP contribution >= 0.6 is 0 Å². The highest BCUT2D eigenvalue weighted by atomic mass is 16.5. The number of esters is 1. The van der Waals surface area contributed by atoms with E-state index in [1.54, 1.807) is 25.1 Å². The molecule has 0 saturated heterocycles. The molecule has 5 heteroatoms. The molecule has 3 rings (SSSR count). The maximum atomic E-state index is 12.6. The number of aromatic nitrogens is 1. The maximum Gasteiger partial charge on any atom is 0.333 e. The van der Waals surface area contributed by atoms with Gasteiger partial charge in [0.15, 0.2) is 6.04 Å². The highest BCUT2D eigenvalue weighted by Crippen LogP contribution is 2.17. The van der Waals surface area contributed by atoms with Crippen LogP contribution in [0.5, 0.6) is 0 Å². The summed E-state index contributed by atoms with van der Waals surface area (Å²) in [4.78, 5) is 29.2. The predicted molar refractivity (Wildman–Crippen MR) is 95.0 cm³/mol. The van der Waals surface area contributed by atoms with Crippen LogP contribution in [0.25, 0.3) is 10.9 Å². The van der Waals surface area contributed by atoms with Crippen molar-refractivity contribution in [3.63, 3.8) is 0 Å². The number of nitrogens with zero attached hydrogens (tertiary/aromatic N) is 1. The second-order valence-corrected chi connectivity index (χ2v) is 5.49. The van der Waals surface area contributed by atoms with Crippen LogP contribution in [-0.4, -0.2) is 23.5 Å². The Morgan fingerprint density at radius 1 is 1.08 bits per heavy atom. The van der Waals surface area contributed by atoms with Gasteiger partial charge in [-0.2, -0.15) is 0 Å². The Morgan fingerprint density at radius 3 is 2.56 bits per heavy atom. The topological polar surface area (TPSA) is 68.3 Å². The van der Waals surface area contributed by atoms with Crippen LogP contribution in [0.15, 0.2) is 66.9 Å². The number of hydrogen-bond donors (Lipinski definition) is 1. The zero-order valence-electron chi connectivity index (χ0n) is 13.8. The monoisotopic (exact) mass is 334 g/mol. The summed E-state index contributed by atoms with van der Waals surface area (Å²) >= 11 is 0. The number of ether oxygens (including phenoxy) is 1. The lowest BCUT2D eigenvalue weighted by Gasteiger charge is -2.17. The van der Waals surface area contributed by atoms with Crippen molar-refractivity contribution in [3.05, 3.63) is 78.0 Å². The minimum Gasteiger partial charge on any atom is -0.464 e. The number of benzene rings is 2. The quantitative estimate of drug-likeness (QED) is 0.727. The fourth-order valence-corrected chi connectivity index (χ4v) is 2.56. The van der Waals surface area contributed by atoms with Crippen molar-refractivity contribution in [3.8, 4) is 0 Å². The summed E-state index contributed by atoms with van der Waals surface area (Å²) in [5, 5.41) is 3.61. The summed E-state index contributed by atoms with van der Waals surface area (Å²) in [7, 11) is 0. The van der Waals surface area contributed by atoms with Gasteiger partial charge in [-0.25, -0.2) is 4.79 Å². The third-order valence-electron chi connectivity index (χ3n) is 3.78. The first-order valence-corrected chi connectivity index (χ1v) is 8.06. The fraction of sp³-hybridized carbons (Fsp3) is 0.150. The van der Waals surface area contributed by atoms with Crippen LogP contribution in [0.1, 0.15) is 28.9 Å². The number of fused-ring (bicyclic) bond motifs is 1. The zero-order chi connectivity index (χ0) is 17.6. The Labute approximate surface area is 145 Å². The van der Waals surface area contributed by atoms with Gasteiger partial charge >= 0.3 is 5.97 Å². The van der Waals surface area contributed by atoms with Gasteiger partial charge in [0.1, 0.15) is 0 Å². The van der Waals surface area contributed by atoms with Crippen molar-refractivity contribution in [2.24, 2.45) is 0 Å². The molecule has 0 aliphatic rings. The molecule has 1 heterocycles. The van der Waals surface area contributed by atoms with E-state index >= 15 is 0 Å². The molecule has 5 nitrogen and oxygen atoms in total. The molecule has 1 atom stereocenters. The average molecular weight is 334 g/mol. The number of amides is 1. The second-order valence-electron chi connectivity index (χ2n) is 5.49. The Morgan fingerprint density at radius 2 is 1.80 bits per heavy atom. The number of pyridine rings is 1. The van der Waals surface area contributed by atoms with Gasteiger partial charge in [0.2, 0.25) is 0 Å². The van der Waals surface area contributed by atoms with E-state index in [0.717, 1.165) is 10.9 Å². The molecular formula is C20H18N2O3. The summed E-state index contributed by atoms with van der Waals surface area (Å²) < 4.78 is 5.10. The summed E-state index contributed by atoms with van der Waals surface area (Å²) in [6.07, 6.45) is 1.50. The molecule has 0 aliphatic heterocycles. The van der Waals surface area contributed by atoms with E-state index in [0.29, 0.717) is 11.1 Å². The molecule has 0 aliphatic carbocycles. The first-order chi connectivity index (χ1) is 12.2. The van der Waals surface area contributed by atoms with E-state index < -0.39 is 12.0 Å². The standard InChI is InChI=1S/C20H18N2O3/c1-2-25-20(24)18(14-8-4-3-5-9-14)22-19(23)16-12-15-10-6-7-11-17(15)21-13-16/h3-13,18H,2H2,1H3,(H,22,23)/t18-/m1/s1. The summed E-state index contributed by atoms with van der Waals surface area (Å²) in [5.74, 6) is -0.865. The highest BCUT2D eigenvalue weighted by Gasteiger charge is 2.24. The molecule has 0 unspecified atom stereocenters. The second kappa shape index (κ2) is 7.57. The smallest absolute Gasteiger partial charge is 0.333 e. The number of nitrogens with one attached hydrogen (secondary N) is 1. The average Bonchev–Trinajstić information content (AvgIpc) is 2.66. The third-order valence-corrected chi connectivity index (χ3v) is 3.78. The van der Waals surface area contributed by atoms with Crippen molar-refractivity contribution in [1.29, 1.82) is 0 Å². The van der Waals surface area contributed by atoms with Crippen LogP contribution < -0.4 is 5.32 Å². The Bertz CT molecular complexity index is 894. The van der Waals surface area contributed by atoms with E-state index in [2.05, 4.69) is 10.3 Å². The van der Waals surface area contributed by atoms with Crippen molar-refractivity contribution in [1.82, 2.24) is 10.3 Å². The molecule has 2 aromatic carbocycles. The lowest BCUT2D eigenvalue weighted by molar-refractivity contribution is -0.145. The van der Waals surface area contributed by atoms with Gasteiger partial charge in [-0.15, -0.1) is 0 Å². The lowest BCUT2D eigenvalue weighted by atomic mass is 10.1. The third kappa shape index (κ3) is 3.83. The molecule has 1 N–H and O–H groups in total. The molecule has 25 heavy (non-hydrogen) atoms. The van der Waals surface area contributed by atoms with Gasteiger partial charge in [-0.05, 0) is 24.6 Å². The Kier molecular flexibility index (Phi) is 5.04. The van der Waals surface area contributed by atoms with Gasteiger partial charge in [-0.1, -0.05) is 48.5 Å². The molecule has 0 bridgehead atoms. The van der Waals surface area contributed by atoms with E-state index in [4.69, 9.17) is 4.74 Å². The van der Waals surface area contributed by atoms with Crippen molar-refractivity contribution in [2.45, 2.75) is 13.0 Å². The number of rotatable bonds is 5. The van der Waals surface area contributed by atoms with E-state index in [1.807, 2.05) is 42.5 Å². The molecule has 1 amide bonds. The van der Waals surface area contributed by atoms with Gasteiger partial charge < -0.3 is 10.1 Å². The van der Waals surface area contributed by atoms with Crippen molar-refractivity contribution < 1.29 is 14.3 Å². The minimum atomic E-state index is -0.861. The molecule has 0 fully saturated rings. The molecule has 0 radical (unpaired) electrons. The zero-order valence-corrected chi connectivity index (χ0v) is 13.8. The molecule has 126 valence electrons. The van der Waals surface area contributed by atoms with Crippen LogP contribution in [0.2, 0.25) is 0 Å². The summed E-state index contributed by atoms with van der Waals surface area (Å²) in [6, 6.07) is 17.5. The Balaban J connectivity index is 1.87. The molecule has 1 aromatic heterocycles. The summed E-state index contributed by atoms with van der Waals surface area (Å²) in [5.41, 5.74) is 1.87. The SMILES string of the molecule is CCOC(=O)[C@H](NC(=O)c1cnc2ccccc2c1)c1ccccc1. The van der Waals surface area contributed by atoms with Crippen molar-refractivity contribution in [2.75, 3.05) is 6.61 Å². The molecular weight excluding hydrogens is 316 g/mol. The molecule has 0 saturated carbocycles. The Hall–Kier alpha value is -3.21. The van der Waals surface area contributed by atoms with E-state index in [1.165, 1.54) is 6.20 Å². The summed E-state index contributed by atoms with van der Waals surface area (Å²) in [6.45, 7) is 1.98. The molecule has 0 spiro atoms. The van der Waals surface area contributed by atoms with Gasteiger partial charge in [0, 0.05) is 11.6 Å². The van der Waals surface area contributed by atoms with Gasteiger partial charge in [0.25, 0.3) is 5.91 Å². The van der Waals surface area contributed by atoms with Gasteiger partial charge in [0.05, 0.1) is 17.7 Å². The number of hydrogen-bond acceptors (Lipinski definition) is 4. The predicted octanol–water partition coefficient (Wildman–Crippen LogP) is 3.27. The minimum absolute atomic E-state index is 0.246. The first-order valence-electron chi connectivity index (χ1n) is 8.06. The lowest BCUT2D eigenvalue weighted by Crippen LogP contribution is -2.35. The maximum absolute atomic E-state index is 12.6. The van der Waals surface area contributed by atoms with E-state index in [9.17, 15) is 9.59 Å². The fourth-order valence-electron chi connectivity index (χ4n) is 2.56. The first kappa shape index (κ1) is 16.6. The highest BCUT2D eigenvalue weighted by molar-refractivity contribution is 5.99. The van der Waals surface area contributed by atoms with Crippen molar-refractivity contribution >= 4 is 22.8 Å². The van der Waals surface area contributed by atoms with E-state index in [-0.39, 0.29) is 12.5 Å². The number of para-hydroxylation sites is 1. The number of carbonyl (C=O) groups is 2. The normalized spacial score (nSPS) is 11.7.